The molecule has 2 aliphatic carbocycles. The molecule has 0 saturated heterocycles. The van der Waals surface area contributed by atoms with Gasteiger partial charge in [-0.2, -0.15) is 13.2 Å². The molecule has 6 rings (SSSR count). The van der Waals surface area contributed by atoms with Crippen LogP contribution in [0.2, 0.25) is 0 Å². The summed E-state index contributed by atoms with van der Waals surface area (Å²) in [4.78, 5) is 24.0. The Bertz CT molecular complexity index is 1530. The van der Waals surface area contributed by atoms with Crippen molar-refractivity contribution >= 4 is 22.6 Å². The van der Waals surface area contributed by atoms with E-state index in [1.54, 1.807) is 11.2 Å². The van der Waals surface area contributed by atoms with Crippen LogP contribution < -0.4 is 5.32 Å². The van der Waals surface area contributed by atoms with Crippen molar-refractivity contribution in [3.8, 4) is 11.1 Å². The first-order valence-electron chi connectivity index (χ1n) is 12.9. The van der Waals surface area contributed by atoms with E-state index in [1.165, 1.54) is 12.1 Å². The molecular formula is C30H27F3N4O. The molecule has 1 amide bonds. The zero-order chi connectivity index (χ0) is 26.4. The molecule has 2 aliphatic rings. The van der Waals surface area contributed by atoms with Gasteiger partial charge in [0.2, 0.25) is 0 Å². The Hall–Kier alpha value is -3.94. The highest BCUT2D eigenvalue weighted by molar-refractivity contribution is 5.95. The van der Waals surface area contributed by atoms with Crippen LogP contribution in [0.3, 0.4) is 0 Å². The number of aryl methyl sites for hydroxylation is 1. The molecule has 1 N–H and O–H groups in total. The maximum atomic E-state index is 13.3. The molecule has 0 aliphatic heterocycles. The van der Waals surface area contributed by atoms with Crippen LogP contribution in [0.1, 0.15) is 52.7 Å². The Balaban J connectivity index is 1.30. The topological polar surface area (TPSA) is 58.1 Å². The van der Waals surface area contributed by atoms with Gasteiger partial charge in [-0.25, -0.2) is 9.97 Å². The highest BCUT2D eigenvalue weighted by Gasteiger charge is 2.35. The molecule has 5 nitrogen and oxygen atoms in total. The zero-order valence-corrected chi connectivity index (χ0v) is 20.9. The molecule has 1 heterocycles. The first-order chi connectivity index (χ1) is 18.3. The Morgan fingerprint density at radius 1 is 1.00 bits per heavy atom. The average Bonchev–Trinajstić information content (AvgIpc) is 3.82. The predicted molar refractivity (Wildman–Crippen MR) is 141 cm³/mol. The Morgan fingerprint density at radius 3 is 2.53 bits per heavy atom. The van der Waals surface area contributed by atoms with Crippen molar-refractivity contribution in [3.63, 3.8) is 0 Å². The van der Waals surface area contributed by atoms with Gasteiger partial charge in [0.1, 0.15) is 12.1 Å². The zero-order valence-electron chi connectivity index (χ0n) is 20.9. The van der Waals surface area contributed by atoms with Crippen LogP contribution in [0.25, 0.3) is 22.0 Å². The fourth-order valence-electron chi connectivity index (χ4n) is 4.84. The number of carbonyl (C=O) groups is 1. The summed E-state index contributed by atoms with van der Waals surface area (Å²) in [6.45, 7) is 2.38. The minimum absolute atomic E-state index is 0.0382. The summed E-state index contributed by atoms with van der Waals surface area (Å²) in [6, 6.07) is 17.4. The van der Waals surface area contributed by atoms with E-state index >= 15 is 0 Å². The molecule has 0 spiro atoms. The van der Waals surface area contributed by atoms with Gasteiger partial charge < -0.3 is 10.2 Å². The lowest BCUT2D eigenvalue weighted by molar-refractivity contribution is -0.137. The number of nitrogens with zero attached hydrogens (tertiary/aromatic N) is 3. The Morgan fingerprint density at radius 2 is 1.79 bits per heavy atom. The summed E-state index contributed by atoms with van der Waals surface area (Å²) in [6.07, 6.45) is 1.08. The van der Waals surface area contributed by atoms with Crippen molar-refractivity contribution in [2.75, 3.05) is 5.32 Å². The Kier molecular flexibility index (Phi) is 6.05. The normalized spacial score (nSPS) is 15.5. The van der Waals surface area contributed by atoms with Gasteiger partial charge in [0.05, 0.1) is 11.1 Å². The number of hydrogen-bond acceptors (Lipinski definition) is 4. The van der Waals surface area contributed by atoms with E-state index in [0.717, 1.165) is 76.8 Å². The molecule has 0 radical (unpaired) electrons. The SMILES string of the molecule is Cc1cc2ncnc(NC3CC3)c2cc1-c1cccc(CN(C(=O)c2cccc(C(F)(F)F)c2)C2CC2)c1. The lowest BCUT2D eigenvalue weighted by Gasteiger charge is -2.23. The van der Waals surface area contributed by atoms with Gasteiger partial charge in [0.15, 0.2) is 0 Å². The lowest BCUT2D eigenvalue weighted by atomic mass is 9.96. The minimum Gasteiger partial charge on any atom is -0.367 e. The van der Waals surface area contributed by atoms with Crippen molar-refractivity contribution in [3.05, 3.63) is 89.2 Å². The van der Waals surface area contributed by atoms with E-state index in [1.807, 2.05) is 25.1 Å². The summed E-state index contributed by atoms with van der Waals surface area (Å²) in [7, 11) is 0. The number of carbonyl (C=O) groups excluding carboxylic acids is 1. The van der Waals surface area contributed by atoms with E-state index in [0.29, 0.717) is 12.6 Å². The molecule has 2 fully saturated rings. The number of aromatic nitrogens is 2. The molecule has 38 heavy (non-hydrogen) atoms. The lowest BCUT2D eigenvalue weighted by Crippen LogP contribution is -2.32. The van der Waals surface area contributed by atoms with Gasteiger partial charge in [-0.3, -0.25) is 4.79 Å². The number of fused-ring (bicyclic) bond motifs is 1. The predicted octanol–water partition coefficient (Wildman–Crippen LogP) is 7.00. The van der Waals surface area contributed by atoms with Crippen LogP contribution in [0, 0.1) is 6.92 Å². The molecule has 0 atom stereocenters. The van der Waals surface area contributed by atoms with Crippen LogP contribution in [0.5, 0.6) is 0 Å². The van der Waals surface area contributed by atoms with Gasteiger partial charge >= 0.3 is 6.18 Å². The number of halogens is 3. The van der Waals surface area contributed by atoms with Gasteiger partial charge in [-0.05, 0) is 91.3 Å². The maximum Gasteiger partial charge on any atom is 0.416 e. The van der Waals surface area contributed by atoms with Crippen LogP contribution >= 0.6 is 0 Å². The van der Waals surface area contributed by atoms with Gasteiger partial charge in [-0.1, -0.05) is 24.3 Å². The molecular weight excluding hydrogens is 489 g/mol. The smallest absolute Gasteiger partial charge is 0.367 e. The first kappa shape index (κ1) is 24.4. The summed E-state index contributed by atoms with van der Waals surface area (Å²) in [5.74, 6) is 0.459. The maximum absolute atomic E-state index is 13.3. The third kappa shape index (κ3) is 5.08. The highest BCUT2D eigenvalue weighted by atomic mass is 19.4. The van der Waals surface area contributed by atoms with E-state index in [4.69, 9.17) is 0 Å². The van der Waals surface area contributed by atoms with Crippen LogP contribution in [0.15, 0.2) is 67.0 Å². The average molecular weight is 517 g/mol. The molecule has 0 unspecified atom stereocenters. The Labute approximate surface area is 218 Å². The summed E-state index contributed by atoms with van der Waals surface area (Å²) in [5.41, 5.74) is 4.18. The monoisotopic (exact) mass is 516 g/mol. The fourth-order valence-corrected chi connectivity index (χ4v) is 4.84. The van der Waals surface area contributed by atoms with Gasteiger partial charge in [-0.15, -0.1) is 0 Å². The molecule has 194 valence electrons. The number of hydrogen-bond donors (Lipinski definition) is 1. The fraction of sp³-hybridized carbons (Fsp3) is 0.300. The number of nitrogens with one attached hydrogen (secondary N) is 1. The number of anilines is 1. The molecule has 2 saturated carbocycles. The quantitative estimate of drug-likeness (QED) is 0.287. The van der Waals surface area contributed by atoms with Gasteiger partial charge in [0.25, 0.3) is 5.91 Å². The number of rotatable bonds is 7. The third-order valence-corrected chi connectivity index (χ3v) is 7.18. The van der Waals surface area contributed by atoms with Crippen molar-refractivity contribution in [2.45, 2.75) is 57.4 Å². The third-order valence-electron chi connectivity index (χ3n) is 7.18. The molecule has 8 heteroatoms. The van der Waals surface area contributed by atoms with Crippen LogP contribution in [-0.2, 0) is 12.7 Å². The molecule has 3 aromatic carbocycles. The first-order valence-corrected chi connectivity index (χ1v) is 12.9. The van der Waals surface area contributed by atoms with Crippen molar-refractivity contribution in [2.24, 2.45) is 0 Å². The molecule has 0 bridgehead atoms. The van der Waals surface area contributed by atoms with E-state index < -0.39 is 11.7 Å². The second kappa shape index (κ2) is 9.42. The van der Waals surface area contributed by atoms with E-state index in [2.05, 4.69) is 33.5 Å². The summed E-state index contributed by atoms with van der Waals surface area (Å²) < 4.78 is 39.7. The van der Waals surface area contributed by atoms with Crippen molar-refractivity contribution in [1.29, 1.82) is 0 Å². The van der Waals surface area contributed by atoms with Crippen molar-refractivity contribution in [1.82, 2.24) is 14.9 Å². The standard InChI is InChI=1S/C30H27F3N4O/c1-18-12-27-26(28(35-17-34-27)36-23-8-9-23)15-25(18)20-5-2-4-19(13-20)16-37(24-10-11-24)29(38)21-6-3-7-22(14-21)30(31,32)33/h2-7,12-15,17,23-24H,8-11,16H2,1H3,(H,34,35,36). The largest absolute Gasteiger partial charge is 0.416 e. The van der Waals surface area contributed by atoms with Crippen molar-refractivity contribution < 1.29 is 18.0 Å². The van der Waals surface area contributed by atoms with Crippen LogP contribution in [-0.4, -0.2) is 32.9 Å². The summed E-state index contributed by atoms with van der Waals surface area (Å²) >= 11 is 0. The second-order valence-corrected chi connectivity index (χ2v) is 10.3. The minimum atomic E-state index is -4.49. The van der Waals surface area contributed by atoms with E-state index in [9.17, 15) is 18.0 Å². The number of alkyl halides is 3. The number of amides is 1. The van der Waals surface area contributed by atoms with Crippen LogP contribution in [0.4, 0.5) is 19.0 Å². The summed E-state index contributed by atoms with van der Waals surface area (Å²) in [5, 5.41) is 4.45. The number of benzene rings is 3. The highest BCUT2D eigenvalue weighted by Crippen LogP contribution is 2.35. The molecule has 4 aromatic rings. The van der Waals surface area contributed by atoms with E-state index in [-0.39, 0.29) is 17.5 Å². The second-order valence-electron chi connectivity index (χ2n) is 10.3. The molecule has 1 aromatic heterocycles. The van der Waals surface area contributed by atoms with Gasteiger partial charge in [0, 0.05) is 29.6 Å².